The van der Waals surface area contributed by atoms with Crippen LogP contribution in [-0.2, 0) is 0 Å². The third-order valence-corrected chi connectivity index (χ3v) is 5.76. The van der Waals surface area contributed by atoms with E-state index in [0.717, 1.165) is 51.3 Å². The maximum absolute atomic E-state index is 14.5. The molecule has 2 heterocycles. The van der Waals surface area contributed by atoms with Crippen LogP contribution in [0, 0.1) is 11.6 Å². The molecule has 0 atom stereocenters. The van der Waals surface area contributed by atoms with Gasteiger partial charge in [-0.3, -0.25) is 0 Å². The Labute approximate surface area is 187 Å². The van der Waals surface area contributed by atoms with Crippen molar-refractivity contribution in [1.82, 2.24) is 14.8 Å². The fourth-order valence-corrected chi connectivity index (χ4v) is 3.90. The van der Waals surface area contributed by atoms with Crippen LogP contribution in [0.25, 0.3) is 22.4 Å². The third kappa shape index (κ3) is 5.60. The zero-order valence-electron chi connectivity index (χ0n) is 18.2. The summed E-state index contributed by atoms with van der Waals surface area (Å²) >= 11 is 0. The van der Waals surface area contributed by atoms with E-state index in [1.54, 1.807) is 30.3 Å². The minimum absolute atomic E-state index is 0.119. The van der Waals surface area contributed by atoms with Gasteiger partial charge in [0.1, 0.15) is 23.2 Å². The van der Waals surface area contributed by atoms with Gasteiger partial charge in [-0.2, -0.15) is 0 Å². The van der Waals surface area contributed by atoms with E-state index >= 15 is 0 Å². The summed E-state index contributed by atoms with van der Waals surface area (Å²) in [5.74, 6) is -0.296. The molecule has 5 nitrogen and oxygen atoms in total. The van der Waals surface area contributed by atoms with Gasteiger partial charge in [0.15, 0.2) is 0 Å². The standard InChI is InChI=1S/C25H28F2N4O/c1-30-10-12-31(13-11-30)9-3-8-28-25-16-19(22-17-20(26)6-7-23(22)27)15-24(29-25)18-4-2-5-21(32)14-18/h2,4-7,14-17,32H,3,8-13H2,1H3,(H,28,29). The first-order valence-corrected chi connectivity index (χ1v) is 10.9. The van der Waals surface area contributed by atoms with Gasteiger partial charge in [-0.25, -0.2) is 13.8 Å². The maximum Gasteiger partial charge on any atom is 0.131 e. The van der Waals surface area contributed by atoms with Gasteiger partial charge in [-0.05, 0) is 68.0 Å². The average molecular weight is 439 g/mol. The third-order valence-electron chi connectivity index (χ3n) is 5.76. The van der Waals surface area contributed by atoms with Gasteiger partial charge in [-0.1, -0.05) is 12.1 Å². The molecule has 0 saturated carbocycles. The Kier molecular flexibility index (Phi) is 6.97. The van der Waals surface area contributed by atoms with Gasteiger partial charge < -0.3 is 20.2 Å². The van der Waals surface area contributed by atoms with Crippen LogP contribution >= 0.6 is 0 Å². The molecule has 1 aliphatic heterocycles. The normalized spacial score (nSPS) is 15.1. The quantitative estimate of drug-likeness (QED) is 0.534. The van der Waals surface area contributed by atoms with Crippen LogP contribution in [0.15, 0.2) is 54.6 Å². The number of hydrogen-bond donors (Lipinski definition) is 2. The first-order valence-electron chi connectivity index (χ1n) is 10.9. The fraction of sp³-hybridized carbons (Fsp3) is 0.320. The Morgan fingerprint density at radius 1 is 0.969 bits per heavy atom. The lowest BCUT2D eigenvalue weighted by atomic mass is 10.0. The van der Waals surface area contributed by atoms with Crippen molar-refractivity contribution < 1.29 is 13.9 Å². The van der Waals surface area contributed by atoms with Crippen LogP contribution in [0.1, 0.15) is 6.42 Å². The molecule has 2 N–H and O–H groups in total. The Hall–Kier alpha value is -3.03. The number of piperazine rings is 1. The zero-order chi connectivity index (χ0) is 22.5. The van der Waals surface area contributed by atoms with Gasteiger partial charge in [0.25, 0.3) is 0 Å². The molecule has 0 unspecified atom stereocenters. The molecule has 168 valence electrons. The maximum atomic E-state index is 14.5. The number of pyridine rings is 1. The molecule has 32 heavy (non-hydrogen) atoms. The molecule has 2 aromatic carbocycles. The molecule has 3 aromatic rings. The lowest BCUT2D eigenvalue weighted by Crippen LogP contribution is -2.44. The number of aromatic hydroxyl groups is 1. The van der Waals surface area contributed by atoms with Gasteiger partial charge >= 0.3 is 0 Å². The highest BCUT2D eigenvalue weighted by Crippen LogP contribution is 2.31. The summed E-state index contributed by atoms with van der Waals surface area (Å²) in [6, 6.07) is 13.6. The van der Waals surface area contributed by atoms with Crippen molar-refractivity contribution in [3.05, 3.63) is 66.2 Å². The minimum Gasteiger partial charge on any atom is -0.508 e. The van der Waals surface area contributed by atoms with Crippen molar-refractivity contribution in [3.8, 4) is 28.1 Å². The van der Waals surface area contributed by atoms with Crippen LogP contribution in [0.4, 0.5) is 14.6 Å². The predicted molar refractivity (Wildman–Crippen MR) is 124 cm³/mol. The molecule has 0 radical (unpaired) electrons. The molecule has 1 saturated heterocycles. The molecule has 1 aromatic heterocycles. The van der Waals surface area contributed by atoms with E-state index in [9.17, 15) is 13.9 Å². The van der Waals surface area contributed by atoms with Crippen LogP contribution in [-0.4, -0.2) is 66.2 Å². The number of nitrogens with one attached hydrogen (secondary N) is 1. The van der Waals surface area contributed by atoms with Gasteiger partial charge in [-0.15, -0.1) is 0 Å². The Balaban J connectivity index is 1.54. The zero-order valence-corrected chi connectivity index (χ0v) is 18.2. The Bertz CT molecular complexity index is 1070. The molecular weight excluding hydrogens is 410 g/mol. The van der Waals surface area contributed by atoms with Crippen molar-refractivity contribution >= 4 is 5.82 Å². The number of anilines is 1. The highest BCUT2D eigenvalue weighted by atomic mass is 19.1. The van der Waals surface area contributed by atoms with E-state index in [4.69, 9.17) is 0 Å². The number of phenolic OH excluding ortho intramolecular Hbond substituents is 1. The van der Waals surface area contributed by atoms with E-state index in [1.165, 1.54) is 6.07 Å². The van der Waals surface area contributed by atoms with Crippen molar-refractivity contribution in [2.45, 2.75) is 6.42 Å². The number of benzene rings is 2. The monoisotopic (exact) mass is 438 g/mol. The van der Waals surface area contributed by atoms with Crippen LogP contribution in [0.5, 0.6) is 5.75 Å². The molecule has 7 heteroatoms. The second-order valence-electron chi connectivity index (χ2n) is 8.23. The molecule has 1 aliphatic rings. The molecule has 0 spiro atoms. The molecule has 1 fully saturated rings. The van der Waals surface area contributed by atoms with Gasteiger partial charge in [0.05, 0.1) is 5.69 Å². The summed E-state index contributed by atoms with van der Waals surface area (Å²) in [5.41, 5.74) is 1.97. The minimum atomic E-state index is -0.501. The number of halogens is 2. The van der Waals surface area contributed by atoms with Crippen molar-refractivity contribution in [1.29, 1.82) is 0 Å². The molecular formula is C25H28F2N4O. The Morgan fingerprint density at radius 2 is 1.78 bits per heavy atom. The van der Waals surface area contributed by atoms with Crippen LogP contribution < -0.4 is 5.32 Å². The SMILES string of the molecule is CN1CCN(CCCNc2cc(-c3cc(F)ccc3F)cc(-c3cccc(O)c3)n2)CC1. The largest absolute Gasteiger partial charge is 0.508 e. The fourth-order valence-electron chi connectivity index (χ4n) is 3.90. The van der Waals surface area contributed by atoms with E-state index in [1.807, 2.05) is 6.07 Å². The first-order chi connectivity index (χ1) is 15.5. The summed E-state index contributed by atoms with van der Waals surface area (Å²) in [6.07, 6.45) is 0.950. The number of rotatable bonds is 7. The average Bonchev–Trinajstić information content (AvgIpc) is 2.79. The van der Waals surface area contributed by atoms with Crippen molar-refractivity contribution in [3.63, 3.8) is 0 Å². The molecule has 0 aliphatic carbocycles. The predicted octanol–water partition coefficient (Wildman–Crippen LogP) is 4.45. The summed E-state index contributed by atoms with van der Waals surface area (Å²) in [4.78, 5) is 9.44. The van der Waals surface area contributed by atoms with Gasteiger partial charge in [0, 0.05) is 43.9 Å². The topological polar surface area (TPSA) is 51.6 Å². The smallest absolute Gasteiger partial charge is 0.131 e. The number of likely N-dealkylation sites (N-methyl/N-ethyl adjacent to an activating group) is 1. The lowest BCUT2D eigenvalue weighted by Gasteiger charge is -2.32. The van der Waals surface area contributed by atoms with E-state index in [2.05, 4.69) is 27.1 Å². The summed E-state index contributed by atoms with van der Waals surface area (Å²) in [6.45, 7) is 6.04. The number of phenols is 1. The van der Waals surface area contributed by atoms with E-state index in [-0.39, 0.29) is 11.3 Å². The summed E-state index contributed by atoms with van der Waals surface area (Å²) < 4.78 is 28.3. The highest BCUT2D eigenvalue weighted by Gasteiger charge is 2.14. The number of hydrogen-bond acceptors (Lipinski definition) is 5. The second kappa shape index (κ2) is 10.1. The van der Waals surface area contributed by atoms with Crippen molar-refractivity contribution in [2.24, 2.45) is 0 Å². The van der Waals surface area contributed by atoms with Crippen molar-refractivity contribution in [2.75, 3.05) is 51.6 Å². The first kappa shape index (κ1) is 22.2. The molecule has 0 amide bonds. The Morgan fingerprint density at radius 3 is 2.56 bits per heavy atom. The summed E-state index contributed by atoms with van der Waals surface area (Å²) in [7, 11) is 2.14. The van der Waals surface area contributed by atoms with Crippen LogP contribution in [0.3, 0.4) is 0 Å². The summed E-state index contributed by atoms with van der Waals surface area (Å²) in [5, 5.41) is 13.2. The highest BCUT2D eigenvalue weighted by molar-refractivity contribution is 5.74. The number of nitrogens with zero attached hydrogens (tertiary/aromatic N) is 3. The second-order valence-corrected chi connectivity index (χ2v) is 8.23. The van der Waals surface area contributed by atoms with Gasteiger partial charge in [0.2, 0.25) is 0 Å². The number of aromatic nitrogens is 1. The lowest BCUT2D eigenvalue weighted by molar-refractivity contribution is 0.154. The van der Waals surface area contributed by atoms with Crippen LogP contribution in [0.2, 0.25) is 0 Å². The molecule has 0 bridgehead atoms. The molecule has 4 rings (SSSR count). The van der Waals surface area contributed by atoms with E-state index in [0.29, 0.717) is 29.2 Å². The van der Waals surface area contributed by atoms with E-state index < -0.39 is 11.6 Å².